The van der Waals surface area contributed by atoms with Gasteiger partial charge in [-0.1, -0.05) is 6.42 Å². The molecule has 0 spiro atoms. The van der Waals surface area contributed by atoms with E-state index >= 15 is 0 Å². The van der Waals surface area contributed by atoms with Gasteiger partial charge in [0.15, 0.2) is 0 Å². The van der Waals surface area contributed by atoms with Crippen molar-refractivity contribution in [2.75, 3.05) is 20.3 Å². The van der Waals surface area contributed by atoms with E-state index in [9.17, 15) is 0 Å². The van der Waals surface area contributed by atoms with Crippen molar-refractivity contribution >= 4 is 0 Å². The number of hydrogen-bond donors (Lipinski definition) is 1. The molecule has 88 valence electrons. The maximum atomic E-state index is 5.73. The van der Waals surface area contributed by atoms with Crippen LogP contribution in [-0.2, 0) is 0 Å². The molecule has 0 aliphatic carbocycles. The average Bonchev–Trinajstić information content (AvgIpc) is 2.38. The van der Waals surface area contributed by atoms with Crippen LogP contribution in [0.4, 0.5) is 0 Å². The van der Waals surface area contributed by atoms with E-state index in [2.05, 4.69) is 5.32 Å². The summed E-state index contributed by atoms with van der Waals surface area (Å²) in [4.78, 5) is 0. The quantitative estimate of drug-likeness (QED) is 0.845. The summed E-state index contributed by atoms with van der Waals surface area (Å²) in [6.45, 7) is 1.88. The highest BCUT2D eigenvalue weighted by Gasteiger charge is 2.12. The van der Waals surface area contributed by atoms with E-state index in [0.717, 1.165) is 24.7 Å². The average molecular weight is 221 g/mol. The fraction of sp³-hybridized carbons (Fsp3) is 0.538. The van der Waals surface area contributed by atoms with Crippen molar-refractivity contribution in [2.24, 2.45) is 0 Å². The molecule has 0 bridgehead atoms. The predicted molar refractivity (Wildman–Crippen MR) is 64.1 cm³/mol. The minimum Gasteiger partial charge on any atom is -0.497 e. The summed E-state index contributed by atoms with van der Waals surface area (Å²) in [7, 11) is 1.67. The third kappa shape index (κ3) is 3.14. The van der Waals surface area contributed by atoms with Crippen LogP contribution in [0.5, 0.6) is 11.5 Å². The molecule has 0 saturated carbocycles. The lowest BCUT2D eigenvalue weighted by atomic mass is 10.1. The zero-order chi connectivity index (χ0) is 11.2. The highest BCUT2D eigenvalue weighted by atomic mass is 16.5. The minimum atomic E-state index is 0.510. The topological polar surface area (TPSA) is 30.5 Å². The van der Waals surface area contributed by atoms with Gasteiger partial charge in [0.1, 0.15) is 18.1 Å². The van der Waals surface area contributed by atoms with Crippen LogP contribution in [0.2, 0.25) is 0 Å². The Kier molecular flexibility index (Phi) is 4.05. The van der Waals surface area contributed by atoms with E-state index in [-0.39, 0.29) is 0 Å². The van der Waals surface area contributed by atoms with Crippen molar-refractivity contribution in [2.45, 2.75) is 25.3 Å². The van der Waals surface area contributed by atoms with Crippen LogP contribution in [0.25, 0.3) is 0 Å². The number of hydrogen-bond acceptors (Lipinski definition) is 3. The second-order valence-corrected chi connectivity index (χ2v) is 4.13. The molecule has 0 amide bonds. The van der Waals surface area contributed by atoms with Gasteiger partial charge in [0.25, 0.3) is 0 Å². The number of rotatable bonds is 4. The van der Waals surface area contributed by atoms with Crippen LogP contribution in [0.15, 0.2) is 24.3 Å². The maximum Gasteiger partial charge on any atom is 0.119 e. The monoisotopic (exact) mass is 221 g/mol. The molecule has 3 heteroatoms. The fourth-order valence-electron chi connectivity index (χ4n) is 1.94. The van der Waals surface area contributed by atoms with Crippen molar-refractivity contribution in [3.05, 3.63) is 24.3 Å². The van der Waals surface area contributed by atoms with E-state index in [1.807, 2.05) is 24.3 Å². The second kappa shape index (κ2) is 5.75. The smallest absolute Gasteiger partial charge is 0.119 e. The highest BCUT2D eigenvalue weighted by molar-refractivity contribution is 5.31. The Bertz CT molecular complexity index is 304. The first-order valence-electron chi connectivity index (χ1n) is 5.89. The van der Waals surface area contributed by atoms with Gasteiger partial charge in [-0.2, -0.15) is 0 Å². The van der Waals surface area contributed by atoms with Gasteiger partial charge in [-0.25, -0.2) is 0 Å². The standard InChI is InChI=1S/C13H19NO2/c1-15-12-5-7-13(8-6-12)16-10-11-4-2-3-9-14-11/h5-8,11,14H,2-4,9-10H2,1H3/t11-/m0/s1. The van der Waals surface area contributed by atoms with E-state index in [1.165, 1.54) is 19.3 Å². The van der Waals surface area contributed by atoms with Gasteiger partial charge in [0, 0.05) is 6.04 Å². The fourth-order valence-corrected chi connectivity index (χ4v) is 1.94. The zero-order valence-corrected chi connectivity index (χ0v) is 9.74. The highest BCUT2D eigenvalue weighted by Crippen LogP contribution is 2.17. The molecule has 2 rings (SSSR count). The number of nitrogens with one attached hydrogen (secondary N) is 1. The first-order chi connectivity index (χ1) is 7.88. The van der Waals surface area contributed by atoms with Crippen molar-refractivity contribution < 1.29 is 9.47 Å². The molecule has 1 aromatic rings. The number of benzene rings is 1. The summed E-state index contributed by atoms with van der Waals surface area (Å²) in [5.74, 6) is 1.77. The molecule has 1 aliphatic heterocycles. The molecule has 1 saturated heterocycles. The molecule has 16 heavy (non-hydrogen) atoms. The lowest BCUT2D eigenvalue weighted by molar-refractivity contribution is 0.239. The van der Waals surface area contributed by atoms with Crippen LogP contribution in [0.3, 0.4) is 0 Å². The summed E-state index contributed by atoms with van der Waals surface area (Å²) in [5, 5.41) is 3.46. The Morgan fingerprint density at radius 1 is 1.19 bits per heavy atom. The summed E-state index contributed by atoms with van der Waals surface area (Å²) >= 11 is 0. The Morgan fingerprint density at radius 2 is 1.94 bits per heavy atom. The van der Waals surface area contributed by atoms with E-state index in [1.54, 1.807) is 7.11 Å². The van der Waals surface area contributed by atoms with E-state index in [0.29, 0.717) is 6.04 Å². The van der Waals surface area contributed by atoms with E-state index in [4.69, 9.17) is 9.47 Å². The molecule has 0 radical (unpaired) electrons. The number of methoxy groups -OCH3 is 1. The van der Waals surface area contributed by atoms with E-state index < -0.39 is 0 Å². The molecular weight excluding hydrogens is 202 g/mol. The zero-order valence-electron chi connectivity index (χ0n) is 9.74. The molecule has 1 N–H and O–H groups in total. The summed E-state index contributed by atoms with van der Waals surface area (Å²) in [5.41, 5.74) is 0. The van der Waals surface area contributed by atoms with Gasteiger partial charge < -0.3 is 14.8 Å². The van der Waals surface area contributed by atoms with Crippen molar-refractivity contribution in [1.82, 2.24) is 5.32 Å². The van der Waals surface area contributed by atoms with Crippen LogP contribution in [-0.4, -0.2) is 26.3 Å². The number of ether oxygens (including phenoxy) is 2. The maximum absolute atomic E-state index is 5.73. The Labute approximate surface area is 96.8 Å². The van der Waals surface area contributed by atoms with Crippen LogP contribution in [0, 0.1) is 0 Å². The van der Waals surface area contributed by atoms with Gasteiger partial charge in [0.05, 0.1) is 7.11 Å². The third-order valence-corrected chi connectivity index (χ3v) is 2.92. The Morgan fingerprint density at radius 3 is 2.56 bits per heavy atom. The second-order valence-electron chi connectivity index (χ2n) is 4.13. The SMILES string of the molecule is COc1ccc(OC[C@@H]2CCCCN2)cc1. The van der Waals surface area contributed by atoms with Crippen molar-refractivity contribution in [3.8, 4) is 11.5 Å². The van der Waals surface area contributed by atoms with Gasteiger partial charge in [0.2, 0.25) is 0 Å². The van der Waals surface area contributed by atoms with Gasteiger partial charge in [-0.15, -0.1) is 0 Å². The lowest BCUT2D eigenvalue weighted by Gasteiger charge is -2.23. The summed E-state index contributed by atoms with van der Waals surface area (Å²) in [6.07, 6.45) is 3.82. The molecule has 1 heterocycles. The predicted octanol–water partition coefficient (Wildman–Crippen LogP) is 2.22. The lowest BCUT2D eigenvalue weighted by Crippen LogP contribution is -2.38. The van der Waals surface area contributed by atoms with Crippen LogP contribution < -0.4 is 14.8 Å². The molecule has 1 fully saturated rings. The van der Waals surface area contributed by atoms with Gasteiger partial charge >= 0.3 is 0 Å². The van der Waals surface area contributed by atoms with Crippen LogP contribution in [0.1, 0.15) is 19.3 Å². The normalized spacial score (nSPS) is 20.4. The largest absolute Gasteiger partial charge is 0.497 e. The molecule has 1 atom stereocenters. The first kappa shape index (κ1) is 11.3. The van der Waals surface area contributed by atoms with Crippen molar-refractivity contribution in [3.63, 3.8) is 0 Å². The molecule has 1 aromatic carbocycles. The third-order valence-electron chi connectivity index (χ3n) is 2.92. The van der Waals surface area contributed by atoms with Gasteiger partial charge in [-0.05, 0) is 43.7 Å². The Balaban J connectivity index is 1.79. The Hall–Kier alpha value is -1.22. The summed E-state index contributed by atoms with van der Waals surface area (Å²) in [6, 6.07) is 8.24. The van der Waals surface area contributed by atoms with Gasteiger partial charge in [-0.3, -0.25) is 0 Å². The minimum absolute atomic E-state index is 0.510. The molecule has 3 nitrogen and oxygen atoms in total. The summed E-state index contributed by atoms with van der Waals surface area (Å²) < 4.78 is 10.8. The molecule has 0 aromatic heterocycles. The molecular formula is C13H19NO2. The first-order valence-corrected chi connectivity index (χ1v) is 5.89. The molecule has 0 unspecified atom stereocenters. The van der Waals surface area contributed by atoms with Crippen molar-refractivity contribution in [1.29, 1.82) is 0 Å². The molecule has 1 aliphatic rings. The number of piperidine rings is 1. The van der Waals surface area contributed by atoms with Crippen LogP contribution >= 0.6 is 0 Å².